The average molecular weight is 266 g/mol. The van der Waals surface area contributed by atoms with Gasteiger partial charge in [0.25, 0.3) is 0 Å². The first-order chi connectivity index (χ1) is 8.59. The molecule has 0 aromatic carbocycles. The van der Waals surface area contributed by atoms with Gasteiger partial charge in [-0.05, 0) is 36.4 Å². The number of hydrogen-bond acceptors (Lipinski definition) is 3. The summed E-state index contributed by atoms with van der Waals surface area (Å²) in [6.07, 6.45) is 0. The molecule has 1 aliphatic heterocycles. The lowest BCUT2D eigenvalue weighted by atomic mass is 9.88. The van der Waals surface area contributed by atoms with Crippen LogP contribution in [0.4, 0.5) is 0 Å². The third-order valence-corrected chi connectivity index (χ3v) is 4.70. The Morgan fingerprint density at radius 2 is 2.17 bits per heavy atom. The topological polar surface area (TPSA) is 41.1 Å². The van der Waals surface area contributed by atoms with Crippen LogP contribution >= 0.6 is 11.3 Å². The molecule has 2 rings (SSSR count). The van der Waals surface area contributed by atoms with Crippen LogP contribution in [0.25, 0.3) is 0 Å². The molecular formula is C14H22N2OS. The lowest BCUT2D eigenvalue weighted by molar-refractivity contribution is -0.127. The minimum Gasteiger partial charge on any atom is -0.348 e. The number of amides is 1. The molecule has 100 valence electrons. The van der Waals surface area contributed by atoms with Crippen molar-refractivity contribution in [3.05, 3.63) is 22.4 Å². The second kappa shape index (κ2) is 5.85. The first-order valence-corrected chi connectivity index (χ1v) is 7.52. The van der Waals surface area contributed by atoms with E-state index in [1.807, 2.05) is 13.0 Å². The molecule has 2 N–H and O–H groups in total. The maximum Gasteiger partial charge on any atom is 0.223 e. The molecule has 1 saturated heterocycles. The number of rotatable bonds is 5. The monoisotopic (exact) mass is 266 g/mol. The van der Waals surface area contributed by atoms with E-state index in [1.54, 1.807) is 11.3 Å². The molecule has 1 aromatic rings. The largest absolute Gasteiger partial charge is 0.348 e. The van der Waals surface area contributed by atoms with E-state index < -0.39 is 0 Å². The van der Waals surface area contributed by atoms with Crippen LogP contribution in [0.5, 0.6) is 0 Å². The molecule has 2 unspecified atom stereocenters. The maximum absolute atomic E-state index is 12.3. The average Bonchev–Trinajstić information content (AvgIpc) is 2.75. The Morgan fingerprint density at radius 1 is 1.44 bits per heavy atom. The van der Waals surface area contributed by atoms with E-state index in [2.05, 4.69) is 35.9 Å². The fourth-order valence-corrected chi connectivity index (χ4v) is 3.15. The van der Waals surface area contributed by atoms with Gasteiger partial charge in [-0.25, -0.2) is 0 Å². The Balaban J connectivity index is 1.98. The molecule has 0 saturated carbocycles. The van der Waals surface area contributed by atoms with Gasteiger partial charge < -0.3 is 10.6 Å². The highest BCUT2D eigenvalue weighted by molar-refractivity contribution is 7.10. The highest BCUT2D eigenvalue weighted by atomic mass is 32.1. The van der Waals surface area contributed by atoms with Gasteiger partial charge in [-0.2, -0.15) is 0 Å². The number of thiophene rings is 1. The molecule has 4 heteroatoms. The Labute approximate surface area is 113 Å². The summed E-state index contributed by atoms with van der Waals surface area (Å²) in [5, 5.41) is 8.50. The Hall–Kier alpha value is -0.870. The minimum atomic E-state index is 0.104. The molecule has 2 atom stereocenters. The van der Waals surface area contributed by atoms with Gasteiger partial charge in [0, 0.05) is 10.8 Å². The third-order valence-electron chi connectivity index (χ3n) is 3.75. The van der Waals surface area contributed by atoms with Gasteiger partial charge in [0.05, 0.1) is 6.04 Å². The Kier molecular flexibility index (Phi) is 4.40. The highest BCUT2D eigenvalue weighted by Gasteiger charge is 2.30. The first-order valence-electron chi connectivity index (χ1n) is 6.64. The van der Waals surface area contributed by atoms with Crippen molar-refractivity contribution in [2.24, 2.45) is 17.8 Å². The van der Waals surface area contributed by atoms with E-state index in [0.717, 1.165) is 13.1 Å². The quantitative estimate of drug-likeness (QED) is 0.859. The van der Waals surface area contributed by atoms with Crippen LogP contribution in [0.3, 0.4) is 0 Å². The molecule has 1 aliphatic rings. The molecule has 0 spiro atoms. The summed E-state index contributed by atoms with van der Waals surface area (Å²) >= 11 is 1.71. The molecular weight excluding hydrogens is 244 g/mol. The molecule has 1 fully saturated rings. The normalized spacial score (nSPS) is 19.3. The standard InChI is InChI=1S/C14H22N2OS/c1-9(2)13(12-5-4-6-18-12)16-14(17)10(3)11-7-15-8-11/h4-6,9-11,13,15H,7-8H2,1-3H3,(H,16,17). The van der Waals surface area contributed by atoms with Crippen molar-refractivity contribution >= 4 is 17.2 Å². The zero-order valence-corrected chi connectivity index (χ0v) is 12.1. The summed E-state index contributed by atoms with van der Waals surface area (Å²) in [7, 11) is 0. The van der Waals surface area contributed by atoms with Gasteiger partial charge in [0.1, 0.15) is 0 Å². The van der Waals surface area contributed by atoms with Crippen LogP contribution in [0.2, 0.25) is 0 Å². The Morgan fingerprint density at radius 3 is 2.61 bits per heavy atom. The molecule has 0 bridgehead atoms. The van der Waals surface area contributed by atoms with Crippen molar-refractivity contribution in [2.45, 2.75) is 26.8 Å². The molecule has 3 nitrogen and oxygen atoms in total. The van der Waals surface area contributed by atoms with E-state index in [4.69, 9.17) is 0 Å². The smallest absolute Gasteiger partial charge is 0.223 e. The second-order valence-corrected chi connectivity index (χ2v) is 6.43. The molecule has 1 amide bonds. The van der Waals surface area contributed by atoms with E-state index in [9.17, 15) is 4.79 Å². The van der Waals surface area contributed by atoms with E-state index in [-0.39, 0.29) is 17.9 Å². The Bertz CT molecular complexity index is 385. The third kappa shape index (κ3) is 2.93. The molecule has 0 radical (unpaired) electrons. The molecule has 0 aliphatic carbocycles. The van der Waals surface area contributed by atoms with Crippen LogP contribution in [0, 0.1) is 17.8 Å². The van der Waals surface area contributed by atoms with Crippen molar-refractivity contribution in [1.82, 2.24) is 10.6 Å². The molecule has 18 heavy (non-hydrogen) atoms. The van der Waals surface area contributed by atoms with Gasteiger partial charge in [0.2, 0.25) is 5.91 Å². The van der Waals surface area contributed by atoms with Crippen LogP contribution in [0.1, 0.15) is 31.7 Å². The lowest BCUT2D eigenvalue weighted by Crippen LogP contribution is -2.50. The highest BCUT2D eigenvalue weighted by Crippen LogP contribution is 2.27. The van der Waals surface area contributed by atoms with Gasteiger partial charge in [-0.3, -0.25) is 4.79 Å². The zero-order valence-electron chi connectivity index (χ0n) is 11.3. The van der Waals surface area contributed by atoms with E-state index >= 15 is 0 Å². The van der Waals surface area contributed by atoms with Crippen molar-refractivity contribution in [1.29, 1.82) is 0 Å². The maximum atomic E-state index is 12.3. The van der Waals surface area contributed by atoms with Gasteiger partial charge in [-0.15, -0.1) is 11.3 Å². The van der Waals surface area contributed by atoms with Crippen LogP contribution < -0.4 is 10.6 Å². The number of nitrogens with one attached hydrogen (secondary N) is 2. The summed E-state index contributed by atoms with van der Waals surface area (Å²) in [6.45, 7) is 8.28. The predicted molar refractivity (Wildman–Crippen MR) is 75.6 cm³/mol. The van der Waals surface area contributed by atoms with Crippen molar-refractivity contribution in [3.8, 4) is 0 Å². The van der Waals surface area contributed by atoms with Gasteiger partial charge in [0.15, 0.2) is 0 Å². The minimum absolute atomic E-state index is 0.104. The fourth-order valence-electron chi connectivity index (χ4n) is 2.20. The van der Waals surface area contributed by atoms with Crippen LogP contribution in [0.15, 0.2) is 17.5 Å². The van der Waals surface area contributed by atoms with Crippen LogP contribution in [-0.2, 0) is 4.79 Å². The summed E-state index contributed by atoms with van der Waals surface area (Å²) in [4.78, 5) is 13.5. The van der Waals surface area contributed by atoms with E-state index in [0.29, 0.717) is 11.8 Å². The number of hydrogen-bond donors (Lipinski definition) is 2. The molecule has 1 aromatic heterocycles. The number of carbonyl (C=O) groups excluding carboxylic acids is 1. The van der Waals surface area contributed by atoms with Gasteiger partial charge >= 0.3 is 0 Å². The summed E-state index contributed by atoms with van der Waals surface area (Å²) < 4.78 is 0. The van der Waals surface area contributed by atoms with Gasteiger partial charge in [-0.1, -0.05) is 26.8 Å². The number of carbonyl (C=O) groups is 1. The lowest BCUT2D eigenvalue weighted by Gasteiger charge is -2.33. The van der Waals surface area contributed by atoms with E-state index in [1.165, 1.54) is 4.88 Å². The summed E-state index contributed by atoms with van der Waals surface area (Å²) in [5.41, 5.74) is 0. The second-order valence-electron chi connectivity index (χ2n) is 5.45. The first kappa shape index (κ1) is 13.6. The summed E-state index contributed by atoms with van der Waals surface area (Å²) in [5.74, 6) is 1.21. The molecule has 2 heterocycles. The van der Waals surface area contributed by atoms with Crippen LogP contribution in [-0.4, -0.2) is 19.0 Å². The predicted octanol–water partition coefficient (Wildman–Crippen LogP) is 2.42. The zero-order chi connectivity index (χ0) is 13.1. The summed E-state index contributed by atoms with van der Waals surface area (Å²) in [6, 6.07) is 4.29. The fraction of sp³-hybridized carbons (Fsp3) is 0.643. The SMILES string of the molecule is CC(C)C(NC(=O)C(C)C1CNC1)c1cccs1. The van der Waals surface area contributed by atoms with Crippen molar-refractivity contribution in [3.63, 3.8) is 0 Å². The van der Waals surface area contributed by atoms with Crippen molar-refractivity contribution < 1.29 is 4.79 Å². The van der Waals surface area contributed by atoms with Crippen molar-refractivity contribution in [2.75, 3.05) is 13.1 Å².